The summed E-state index contributed by atoms with van der Waals surface area (Å²) in [5.41, 5.74) is 0. The molecule has 1 aliphatic rings. The van der Waals surface area contributed by atoms with Gasteiger partial charge in [-0.25, -0.2) is 0 Å². The molecule has 0 aliphatic carbocycles. The van der Waals surface area contributed by atoms with Crippen molar-refractivity contribution < 1.29 is 42.2 Å². The molecule has 0 bridgehead atoms. The molecular weight excluding hydrogens is 488 g/mol. The molecule has 0 aromatic heterocycles. The normalized spacial score (nSPS) is 26.1. The Balaban J connectivity index is 3.51. The zero-order valence-electron chi connectivity index (χ0n) is 23.8. The van der Waals surface area contributed by atoms with Crippen LogP contribution in [0, 0.1) is 0 Å². The van der Waals surface area contributed by atoms with Crippen molar-refractivity contribution in [2.45, 2.75) is 129 Å². The van der Waals surface area contributed by atoms with Gasteiger partial charge in [-0.1, -0.05) is 41.5 Å². The van der Waals surface area contributed by atoms with Crippen molar-refractivity contribution in [1.82, 2.24) is 0 Å². The smallest absolute Gasteiger partial charge is 0.303 e. The quantitative estimate of drug-likeness (QED) is 0.252. The van der Waals surface area contributed by atoms with Crippen LogP contribution < -0.4 is 0 Å². The highest BCUT2D eigenvalue weighted by Crippen LogP contribution is 2.41. The van der Waals surface area contributed by atoms with E-state index in [-0.39, 0.29) is 16.7 Å². The van der Waals surface area contributed by atoms with E-state index in [0.29, 0.717) is 0 Å². The zero-order chi connectivity index (χ0) is 27.6. The molecule has 0 aromatic rings. The van der Waals surface area contributed by atoms with Crippen molar-refractivity contribution in [3.8, 4) is 0 Å². The third-order valence-corrected chi connectivity index (χ3v) is 16.1. The maximum atomic E-state index is 12.1. The Morgan fingerprint density at radius 2 is 1.09 bits per heavy atom. The Hall–Kier alpha value is -1.28. The highest BCUT2D eigenvalue weighted by atomic mass is 28.4. The van der Waals surface area contributed by atoms with Gasteiger partial charge < -0.3 is 27.8 Å². The number of carbonyl (C=O) groups is 3. The van der Waals surface area contributed by atoms with E-state index in [4.69, 9.17) is 27.8 Å². The average molecular weight is 535 g/mol. The molecule has 9 nitrogen and oxygen atoms in total. The first kappa shape index (κ1) is 31.8. The minimum Gasteiger partial charge on any atom is -0.456 e. The van der Waals surface area contributed by atoms with Gasteiger partial charge in [0, 0.05) is 20.8 Å². The first-order valence-electron chi connectivity index (χ1n) is 12.1. The van der Waals surface area contributed by atoms with Crippen molar-refractivity contribution in [3.05, 3.63) is 0 Å². The van der Waals surface area contributed by atoms with Gasteiger partial charge in [0.1, 0.15) is 6.10 Å². The van der Waals surface area contributed by atoms with Crippen molar-refractivity contribution in [2.24, 2.45) is 0 Å². The lowest BCUT2D eigenvalue weighted by Gasteiger charge is -2.48. The van der Waals surface area contributed by atoms with Crippen LogP contribution in [0.5, 0.6) is 0 Å². The van der Waals surface area contributed by atoms with Crippen LogP contribution in [0.15, 0.2) is 0 Å². The van der Waals surface area contributed by atoms with E-state index in [9.17, 15) is 14.4 Å². The molecule has 1 aliphatic heterocycles. The van der Waals surface area contributed by atoms with E-state index in [1.54, 1.807) is 0 Å². The standard InChI is InChI=1S/C24H46O9Si2/c1-15(25)29-19-18(14-28-34(10,11)23(4,5)6)32-22(33-35(12,13)24(7,8)9)21(31-17(3)27)20(19)30-16(2)26/h18-22H,14H2,1-13H3/t18-,19-,20+,21-,22+/m1/s1. The van der Waals surface area contributed by atoms with Crippen LogP contribution in [-0.2, 0) is 42.2 Å². The second-order valence-corrected chi connectivity index (χ2v) is 21.8. The Labute approximate surface area is 212 Å². The van der Waals surface area contributed by atoms with Gasteiger partial charge in [0.25, 0.3) is 0 Å². The summed E-state index contributed by atoms with van der Waals surface area (Å²) in [4.78, 5) is 36.2. The maximum Gasteiger partial charge on any atom is 0.303 e. The summed E-state index contributed by atoms with van der Waals surface area (Å²) < 4.78 is 36.0. The highest BCUT2D eigenvalue weighted by Gasteiger charge is 2.55. The van der Waals surface area contributed by atoms with Crippen LogP contribution in [0.3, 0.4) is 0 Å². The van der Waals surface area contributed by atoms with Gasteiger partial charge in [-0.15, -0.1) is 0 Å². The van der Waals surface area contributed by atoms with Crippen LogP contribution in [-0.4, -0.2) is 71.9 Å². The van der Waals surface area contributed by atoms with Gasteiger partial charge in [0.05, 0.1) is 6.61 Å². The fourth-order valence-corrected chi connectivity index (χ4v) is 5.20. The molecule has 0 unspecified atom stereocenters. The number of hydrogen-bond donors (Lipinski definition) is 0. The van der Waals surface area contributed by atoms with Crippen LogP contribution >= 0.6 is 0 Å². The third-order valence-electron chi connectivity index (χ3n) is 7.13. The Morgan fingerprint density at radius 1 is 0.686 bits per heavy atom. The predicted octanol–water partition coefficient (Wildman–Crippen LogP) is 4.55. The first-order chi connectivity index (χ1) is 15.6. The van der Waals surface area contributed by atoms with Crippen LogP contribution in [0.4, 0.5) is 0 Å². The van der Waals surface area contributed by atoms with Crippen molar-refractivity contribution >= 4 is 34.5 Å². The van der Waals surface area contributed by atoms with E-state index in [2.05, 4.69) is 54.6 Å². The highest BCUT2D eigenvalue weighted by molar-refractivity contribution is 6.74. The summed E-state index contributed by atoms with van der Waals surface area (Å²) in [7, 11) is -4.62. The summed E-state index contributed by atoms with van der Waals surface area (Å²) in [6.45, 7) is 24.7. The molecule has 0 aromatic carbocycles. The van der Waals surface area contributed by atoms with Crippen LogP contribution in [0.25, 0.3) is 0 Å². The minimum atomic E-state index is -2.42. The molecule has 11 heteroatoms. The third kappa shape index (κ3) is 8.66. The largest absolute Gasteiger partial charge is 0.456 e. The van der Waals surface area contributed by atoms with Crippen molar-refractivity contribution in [1.29, 1.82) is 0 Å². The molecule has 0 saturated carbocycles. The van der Waals surface area contributed by atoms with E-state index in [1.165, 1.54) is 20.8 Å². The Kier molecular flexibility index (Phi) is 10.4. The van der Waals surface area contributed by atoms with Crippen LogP contribution in [0.1, 0.15) is 62.3 Å². The molecule has 5 atom stereocenters. The molecule has 0 amide bonds. The van der Waals surface area contributed by atoms with Gasteiger partial charge in [-0.2, -0.15) is 0 Å². The molecular formula is C24H46O9Si2. The Morgan fingerprint density at radius 3 is 1.49 bits per heavy atom. The lowest BCUT2D eigenvalue weighted by molar-refractivity contribution is -0.290. The fourth-order valence-electron chi connectivity index (χ4n) is 3.06. The van der Waals surface area contributed by atoms with Crippen LogP contribution in [0.2, 0.25) is 36.3 Å². The summed E-state index contributed by atoms with van der Waals surface area (Å²) in [5, 5.41) is -0.237. The number of hydrogen-bond acceptors (Lipinski definition) is 9. The average Bonchev–Trinajstić information content (AvgIpc) is 2.62. The van der Waals surface area contributed by atoms with Gasteiger partial charge in [-0.3, -0.25) is 14.4 Å². The molecule has 1 heterocycles. The van der Waals surface area contributed by atoms with Crippen molar-refractivity contribution in [2.75, 3.05) is 6.61 Å². The van der Waals surface area contributed by atoms with Gasteiger partial charge >= 0.3 is 17.9 Å². The summed E-state index contributed by atoms with van der Waals surface area (Å²) in [6, 6.07) is 0. The Bertz CT molecular complexity index is 768. The van der Waals surface area contributed by atoms with Crippen molar-refractivity contribution in [3.63, 3.8) is 0 Å². The summed E-state index contributed by atoms with van der Waals surface area (Å²) >= 11 is 0. The molecule has 204 valence electrons. The van der Waals surface area contributed by atoms with Gasteiger partial charge in [-0.05, 0) is 36.3 Å². The maximum absolute atomic E-state index is 12.1. The van der Waals surface area contributed by atoms with E-state index in [1.807, 2.05) is 13.1 Å². The molecule has 0 spiro atoms. The van der Waals surface area contributed by atoms with E-state index < -0.39 is 65.2 Å². The molecule has 1 fully saturated rings. The molecule has 0 radical (unpaired) electrons. The summed E-state index contributed by atoms with van der Waals surface area (Å²) in [5.74, 6) is -1.79. The topological polar surface area (TPSA) is 107 Å². The SMILES string of the molecule is CC(=O)O[C@@H]1[C@@H](OC(C)=O)[C@H](O[Si](C)(C)C(C)(C)C)O[C@H](CO[Si](C)(C)C(C)(C)C)[C@H]1OC(C)=O. The minimum absolute atomic E-state index is 0.0643. The summed E-state index contributed by atoms with van der Waals surface area (Å²) in [6.07, 6.45) is -5.15. The molecule has 1 rings (SSSR count). The second kappa shape index (κ2) is 11.4. The lowest BCUT2D eigenvalue weighted by Crippen LogP contribution is -2.65. The fraction of sp³-hybridized carbons (Fsp3) is 0.875. The number of carbonyl (C=O) groups excluding carboxylic acids is 3. The monoisotopic (exact) mass is 534 g/mol. The molecule has 35 heavy (non-hydrogen) atoms. The first-order valence-corrected chi connectivity index (χ1v) is 17.9. The lowest BCUT2D eigenvalue weighted by atomic mass is 9.98. The van der Waals surface area contributed by atoms with Gasteiger partial charge in [0.2, 0.25) is 0 Å². The van der Waals surface area contributed by atoms with E-state index in [0.717, 1.165) is 0 Å². The second-order valence-electron chi connectivity index (χ2n) is 12.2. The molecule has 1 saturated heterocycles. The predicted molar refractivity (Wildman–Crippen MR) is 137 cm³/mol. The number of ether oxygens (including phenoxy) is 4. The van der Waals surface area contributed by atoms with E-state index >= 15 is 0 Å². The zero-order valence-corrected chi connectivity index (χ0v) is 25.8. The van der Waals surface area contributed by atoms with Gasteiger partial charge in [0.15, 0.2) is 41.2 Å². The number of rotatable bonds is 8. The number of esters is 3. The molecule has 0 N–H and O–H groups in total.